The summed E-state index contributed by atoms with van der Waals surface area (Å²) in [6.45, 7) is 0.650. The van der Waals surface area contributed by atoms with E-state index in [2.05, 4.69) is 0 Å². The van der Waals surface area contributed by atoms with Crippen molar-refractivity contribution in [2.75, 3.05) is 0 Å². The van der Waals surface area contributed by atoms with Gasteiger partial charge in [-0.25, -0.2) is 4.39 Å². The summed E-state index contributed by atoms with van der Waals surface area (Å²) in [5.41, 5.74) is 2.61. The number of nitrogens with zero attached hydrogens (tertiary/aromatic N) is 1. The molecule has 1 aliphatic heterocycles. The van der Waals surface area contributed by atoms with E-state index >= 15 is 0 Å². The van der Waals surface area contributed by atoms with Gasteiger partial charge in [-0.2, -0.15) is 0 Å². The Morgan fingerprint density at radius 2 is 1.85 bits per heavy atom. The van der Waals surface area contributed by atoms with Crippen LogP contribution in [-0.4, -0.2) is 21.9 Å². The molecule has 2 aliphatic rings. The zero-order valence-corrected chi connectivity index (χ0v) is 15.0. The molecule has 0 saturated heterocycles. The molecule has 1 atom stereocenters. The standard InChI is InChI=1S/C22H22FNO3/c23-19-7-3-6-17-18(19)13-24(21(17)25)12-14-8-10-16(11-9-14)20(22(26)27)15-4-1-2-5-15/h3,6-11,15,20H,1-2,4-5,12-13H2,(H,26,27). The minimum absolute atomic E-state index is 0.164. The Morgan fingerprint density at radius 1 is 1.15 bits per heavy atom. The Kier molecular flexibility index (Phi) is 4.68. The zero-order valence-electron chi connectivity index (χ0n) is 15.0. The van der Waals surface area contributed by atoms with Crippen LogP contribution in [0.15, 0.2) is 42.5 Å². The Labute approximate surface area is 157 Å². The molecule has 2 aromatic carbocycles. The highest BCUT2D eigenvalue weighted by molar-refractivity contribution is 5.98. The molecule has 0 radical (unpaired) electrons. The van der Waals surface area contributed by atoms with E-state index in [9.17, 15) is 19.1 Å². The van der Waals surface area contributed by atoms with Crippen LogP contribution in [0.2, 0.25) is 0 Å². The summed E-state index contributed by atoms with van der Waals surface area (Å²) in [5.74, 6) is -1.54. The first-order valence-electron chi connectivity index (χ1n) is 9.43. The van der Waals surface area contributed by atoms with E-state index in [0.717, 1.165) is 36.8 Å². The average molecular weight is 367 g/mol. The van der Waals surface area contributed by atoms with Crippen molar-refractivity contribution in [3.05, 3.63) is 70.5 Å². The molecular weight excluding hydrogens is 345 g/mol. The fourth-order valence-corrected chi connectivity index (χ4v) is 4.44. The van der Waals surface area contributed by atoms with Crippen LogP contribution in [-0.2, 0) is 17.9 Å². The Balaban J connectivity index is 1.49. The molecule has 1 aliphatic carbocycles. The predicted molar refractivity (Wildman–Crippen MR) is 98.8 cm³/mol. The number of halogens is 1. The first-order valence-corrected chi connectivity index (χ1v) is 9.43. The lowest BCUT2D eigenvalue weighted by Gasteiger charge is -2.20. The SMILES string of the molecule is O=C(O)C(c1ccc(CN2Cc3c(F)cccc3C2=O)cc1)C1CCCC1. The zero-order chi connectivity index (χ0) is 19.0. The fourth-order valence-electron chi connectivity index (χ4n) is 4.44. The number of benzene rings is 2. The molecule has 2 aromatic rings. The highest BCUT2D eigenvalue weighted by atomic mass is 19.1. The van der Waals surface area contributed by atoms with E-state index < -0.39 is 11.9 Å². The molecule has 1 N–H and O–H groups in total. The van der Waals surface area contributed by atoms with Crippen molar-refractivity contribution in [2.24, 2.45) is 5.92 Å². The first kappa shape index (κ1) is 17.7. The topological polar surface area (TPSA) is 57.6 Å². The smallest absolute Gasteiger partial charge is 0.311 e. The van der Waals surface area contributed by atoms with Crippen molar-refractivity contribution in [1.82, 2.24) is 4.90 Å². The third-order valence-corrected chi connectivity index (χ3v) is 5.84. The van der Waals surface area contributed by atoms with Gasteiger partial charge in [-0.05, 0) is 42.0 Å². The normalized spacial score (nSPS) is 18.0. The third kappa shape index (κ3) is 3.34. The van der Waals surface area contributed by atoms with E-state index in [1.165, 1.54) is 6.07 Å². The van der Waals surface area contributed by atoms with Crippen molar-refractivity contribution in [3.8, 4) is 0 Å². The van der Waals surface area contributed by atoms with Crippen LogP contribution in [0, 0.1) is 11.7 Å². The van der Waals surface area contributed by atoms with Gasteiger partial charge in [0.25, 0.3) is 5.91 Å². The van der Waals surface area contributed by atoms with E-state index in [1.807, 2.05) is 24.3 Å². The molecule has 0 aromatic heterocycles. The summed E-state index contributed by atoms with van der Waals surface area (Å²) >= 11 is 0. The number of hydrogen-bond donors (Lipinski definition) is 1. The highest BCUT2D eigenvalue weighted by Crippen LogP contribution is 2.37. The predicted octanol–water partition coefficient (Wildman–Crippen LogP) is 4.34. The van der Waals surface area contributed by atoms with Gasteiger partial charge in [0.1, 0.15) is 5.82 Å². The minimum atomic E-state index is -0.768. The molecule has 4 rings (SSSR count). The maximum Gasteiger partial charge on any atom is 0.311 e. The largest absolute Gasteiger partial charge is 0.481 e. The van der Waals surface area contributed by atoms with E-state index in [4.69, 9.17) is 0 Å². The van der Waals surface area contributed by atoms with Crippen molar-refractivity contribution >= 4 is 11.9 Å². The summed E-state index contributed by atoms with van der Waals surface area (Å²) in [7, 11) is 0. The monoisotopic (exact) mass is 367 g/mol. The molecule has 27 heavy (non-hydrogen) atoms. The molecule has 4 nitrogen and oxygen atoms in total. The van der Waals surface area contributed by atoms with Gasteiger partial charge in [-0.15, -0.1) is 0 Å². The summed E-state index contributed by atoms with van der Waals surface area (Å²) in [6, 6.07) is 12.1. The Morgan fingerprint density at radius 3 is 2.48 bits per heavy atom. The summed E-state index contributed by atoms with van der Waals surface area (Å²) in [5, 5.41) is 9.66. The number of carboxylic acid groups (broad SMARTS) is 1. The van der Waals surface area contributed by atoms with Gasteiger partial charge in [0, 0.05) is 17.7 Å². The number of hydrogen-bond acceptors (Lipinski definition) is 2. The molecule has 1 saturated carbocycles. The molecule has 1 unspecified atom stereocenters. The number of carbonyl (C=O) groups is 2. The lowest BCUT2D eigenvalue weighted by atomic mass is 9.84. The van der Waals surface area contributed by atoms with Gasteiger partial charge in [0.15, 0.2) is 0 Å². The molecule has 1 fully saturated rings. The molecule has 0 bridgehead atoms. The second-order valence-electron chi connectivity index (χ2n) is 7.53. The lowest BCUT2D eigenvalue weighted by molar-refractivity contribution is -0.140. The maximum atomic E-state index is 13.9. The van der Waals surface area contributed by atoms with Crippen LogP contribution in [0.5, 0.6) is 0 Å². The van der Waals surface area contributed by atoms with Crippen molar-refractivity contribution in [2.45, 2.75) is 44.7 Å². The number of fused-ring (bicyclic) bond motifs is 1. The van der Waals surface area contributed by atoms with Crippen molar-refractivity contribution < 1.29 is 19.1 Å². The Bertz CT molecular complexity index is 872. The van der Waals surface area contributed by atoms with E-state index in [1.54, 1.807) is 17.0 Å². The second kappa shape index (κ2) is 7.14. The number of amides is 1. The third-order valence-electron chi connectivity index (χ3n) is 5.84. The van der Waals surface area contributed by atoms with E-state index in [0.29, 0.717) is 17.7 Å². The number of aliphatic carboxylic acids is 1. The summed E-state index contributed by atoms with van der Waals surface area (Å²) < 4.78 is 13.9. The molecule has 0 spiro atoms. The van der Waals surface area contributed by atoms with Gasteiger partial charge in [0.2, 0.25) is 0 Å². The van der Waals surface area contributed by atoms with Crippen LogP contribution in [0.25, 0.3) is 0 Å². The molecule has 1 heterocycles. The fraction of sp³-hybridized carbons (Fsp3) is 0.364. The van der Waals surface area contributed by atoms with Crippen LogP contribution in [0.4, 0.5) is 4.39 Å². The molecule has 5 heteroatoms. The summed E-state index contributed by atoms with van der Waals surface area (Å²) in [6.07, 6.45) is 4.12. The lowest BCUT2D eigenvalue weighted by Crippen LogP contribution is -2.23. The van der Waals surface area contributed by atoms with Crippen LogP contribution >= 0.6 is 0 Å². The number of carboxylic acids is 1. The quantitative estimate of drug-likeness (QED) is 0.855. The van der Waals surface area contributed by atoms with Crippen LogP contribution in [0.1, 0.15) is 58.6 Å². The average Bonchev–Trinajstić information content (AvgIpc) is 3.27. The van der Waals surface area contributed by atoms with Gasteiger partial charge in [-0.1, -0.05) is 43.2 Å². The highest BCUT2D eigenvalue weighted by Gasteiger charge is 2.32. The van der Waals surface area contributed by atoms with Gasteiger partial charge >= 0.3 is 5.97 Å². The number of carbonyl (C=O) groups excluding carboxylic acids is 1. The van der Waals surface area contributed by atoms with Crippen LogP contribution < -0.4 is 0 Å². The first-order chi connectivity index (χ1) is 13.0. The van der Waals surface area contributed by atoms with Gasteiger partial charge < -0.3 is 10.0 Å². The minimum Gasteiger partial charge on any atom is -0.481 e. The van der Waals surface area contributed by atoms with Crippen molar-refractivity contribution in [3.63, 3.8) is 0 Å². The van der Waals surface area contributed by atoms with Gasteiger partial charge in [0.05, 0.1) is 12.5 Å². The van der Waals surface area contributed by atoms with Crippen molar-refractivity contribution in [1.29, 1.82) is 0 Å². The second-order valence-corrected chi connectivity index (χ2v) is 7.53. The Hall–Kier alpha value is -2.69. The number of rotatable bonds is 5. The molecule has 140 valence electrons. The van der Waals surface area contributed by atoms with E-state index in [-0.39, 0.29) is 24.2 Å². The maximum absolute atomic E-state index is 13.9. The molecular formula is C22H22FNO3. The van der Waals surface area contributed by atoms with Gasteiger partial charge in [-0.3, -0.25) is 9.59 Å². The summed E-state index contributed by atoms with van der Waals surface area (Å²) in [4.78, 5) is 25.9. The molecule has 1 amide bonds. The van der Waals surface area contributed by atoms with Crippen LogP contribution in [0.3, 0.4) is 0 Å².